The predicted molar refractivity (Wildman–Crippen MR) is 82.6 cm³/mol. The highest BCUT2D eigenvalue weighted by Gasteiger charge is 2.12. The molecule has 5 heteroatoms. The fourth-order valence-electron chi connectivity index (χ4n) is 1.65. The minimum absolute atomic E-state index is 0.0645. The van der Waals surface area contributed by atoms with Crippen LogP contribution in [0.25, 0.3) is 0 Å². The number of anilines is 1. The van der Waals surface area contributed by atoms with Gasteiger partial charge in [0, 0.05) is 14.5 Å². The Bertz CT molecular complexity index is 618. The van der Waals surface area contributed by atoms with Crippen LogP contribution in [-0.2, 0) is 0 Å². The molecule has 0 aliphatic rings. The summed E-state index contributed by atoms with van der Waals surface area (Å²) in [5.41, 5.74) is 2.15. The molecule has 2 N–H and O–H groups in total. The zero-order valence-corrected chi connectivity index (χ0v) is 13.2. The predicted octanol–water partition coefficient (Wildman–Crippen LogP) is 4.48. The molecule has 0 spiro atoms. The molecule has 0 saturated carbocycles. The number of amides is 1. The highest BCUT2D eigenvalue weighted by molar-refractivity contribution is 9.11. The van der Waals surface area contributed by atoms with Crippen molar-refractivity contribution in [3.8, 4) is 5.75 Å². The third kappa shape index (κ3) is 3.36. The number of carbonyl (C=O) groups is 1. The lowest BCUT2D eigenvalue weighted by Gasteiger charge is -2.11. The van der Waals surface area contributed by atoms with Gasteiger partial charge in [-0.25, -0.2) is 0 Å². The van der Waals surface area contributed by atoms with Crippen molar-refractivity contribution in [2.24, 2.45) is 0 Å². The molecule has 0 unspecified atom stereocenters. The molecular weight excluding hydrogens is 374 g/mol. The van der Waals surface area contributed by atoms with E-state index in [1.165, 1.54) is 12.1 Å². The van der Waals surface area contributed by atoms with Crippen LogP contribution in [0.3, 0.4) is 0 Å². The van der Waals surface area contributed by atoms with E-state index >= 15 is 0 Å². The van der Waals surface area contributed by atoms with Gasteiger partial charge in [0.1, 0.15) is 5.75 Å². The van der Waals surface area contributed by atoms with Crippen molar-refractivity contribution in [1.29, 1.82) is 0 Å². The first-order chi connectivity index (χ1) is 8.97. The standard InChI is InChI=1S/C14H11Br2NO2/c1-8-5-11(15)13(12(16)6-8)17-14(19)9-3-2-4-10(18)7-9/h2-7,18H,1H3,(H,17,19). The van der Waals surface area contributed by atoms with Crippen LogP contribution < -0.4 is 5.32 Å². The average molecular weight is 385 g/mol. The molecule has 3 nitrogen and oxygen atoms in total. The monoisotopic (exact) mass is 383 g/mol. The smallest absolute Gasteiger partial charge is 0.255 e. The largest absolute Gasteiger partial charge is 0.508 e. The second kappa shape index (κ2) is 5.75. The van der Waals surface area contributed by atoms with Crippen molar-refractivity contribution in [3.63, 3.8) is 0 Å². The zero-order valence-electron chi connectivity index (χ0n) is 10.1. The molecule has 0 aliphatic heterocycles. The van der Waals surface area contributed by atoms with E-state index in [0.29, 0.717) is 11.3 Å². The van der Waals surface area contributed by atoms with Gasteiger partial charge in [-0.05, 0) is 74.7 Å². The Hall–Kier alpha value is -1.33. The number of benzene rings is 2. The van der Waals surface area contributed by atoms with Gasteiger partial charge in [0.05, 0.1) is 5.69 Å². The SMILES string of the molecule is Cc1cc(Br)c(NC(=O)c2cccc(O)c2)c(Br)c1. The Labute approximate surface area is 127 Å². The lowest BCUT2D eigenvalue weighted by atomic mass is 10.2. The van der Waals surface area contributed by atoms with E-state index in [1.54, 1.807) is 12.1 Å². The number of nitrogens with one attached hydrogen (secondary N) is 1. The van der Waals surface area contributed by atoms with Crippen LogP contribution in [0.1, 0.15) is 15.9 Å². The number of hydrogen-bond donors (Lipinski definition) is 2. The zero-order chi connectivity index (χ0) is 14.0. The molecule has 1 amide bonds. The number of hydrogen-bond acceptors (Lipinski definition) is 2. The second-order valence-electron chi connectivity index (χ2n) is 4.11. The van der Waals surface area contributed by atoms with Gasteiger partial charge < -0.3 is 10.4 Å². The van der Waals surface area contributed by atoms with E-state index in [1.807, 2.05) is 19.1 Å². The molecule has 2 rings (SSSR count). The van der Waals surface area contributed by atoms with E-state index in [9.17, 15) is 9.90 Å². The summed E-state index contributed by atoms with van der Waals surface area (Å²) in [5.74, 6) is -0.212. The Morgan fingerprint density at radius 3 is 2.37 bits per heavy atom. The molecule has 2 aromatic rings. The van der Waals surface area contributed by atoms with Gasteiger partial charge >= 0.3 is 0 Å². The van der Waals surface area contributed by atoms with E-state index in [2.05, 4.69) is 37.2 Å². The summed E-state index contributed by atoms with van der Waals surface area (Å²) in [7, 11) is 0. The minimum Gasteiger partial charge on any atom is -0.508 e. The van der Waals surface area contributed by atoms with Gasteiger partial charge in [-0.15, -0.1) is 0 Å². The van der Waals surface area contributed by atoms with Gasteiger partial charge in [-0.2, -0.15) is 0 Å². The normalized spacial score (nSPS) is 10.3. The quantitative estimate of drug-likeness (QED) is 0.801. The van der Waals surface area contributed by atoms with Crippen molar-refractivity contribution >= 4 is 43.5 Å². The van der Waals surface area contributed by atoms with E-state index in [0.717, 1.165) is 14.5 Å². The van der Waals surface area contributed by atoms with Crippen LogP contribution in [0.4, 0.5) is 5.69 Å². The van der Waals surface area contributed by atoms with Crippen LogP contribution >= 0.6 is 31.9 Å². The molecule has 0 atom stereocenters. The van der Waals surface area contributed by atoms with E-state index in [4.69, 9.17) is 0 Å². The molecule has 0 aliphatic carbocycles. The molecule has 19 heavy (non-hydrogen) atoms. The maximum Gasteiger partial charge on any atom is 0.255 e. The summed E-state index contributed by atoms with van der Waals surface area (Å²) in [4.78, 5) is 12.1. The van der Waals surface area contributed by atoms with Gasteiger partial charge in [0.2, 0.25) is 0 Å². The number of halogens is 2. The maximum atomic E-state index is 12.1. The molecule has 0 aromatic heterocycles. The summed E-state index contributed by atoms with van der Waals surface area (Å²) < 4.78 is 1.60. The Balaban J connectivity index is 2.29. The third-order valence-electron chi connectivity index (χ3n) is 2.53. The van der Waals surface area contributed by atoms with Crippen molar-refractivity contribution < 1.29 is 9.90 Å². The van der Waals surface area contributed by atoms with Gasteiger partial charge in [0.25, 0.3) is 5.91 Å². The van der Waals surface area contributed by atoms with Gasteiger partial charge in [-0.3, -0.25) is 4.79 Å². The fraction of sp³-hybridized carbons (Fsp3) is 0.0714. The van der Waals surface area contributed by atoms with Gasteiger partial charge in [0.15, 0.2) is 0 Å². The van der Waals surface area contributed by atoms with Crippen molar-refractivity contribution in [3.05, 3.63) is 56.5 Å². The van der Waals surface area contributed by atoms with Crippen LogP contribution in [0.15, 0.2) is 45.3 Å². The van der Waals surface area contributed by atoms with Crippen LogP contribution in [0.2, 0.25) is 0 Å². The van der Waals surface area contributed by atoms with Crippen molar-refractivity contribution in [2.45, 2.75) is 6.92 Å². The van der Waals surface area contributed by atoms with Crippen molar-refractivity contribution in [1.82, 2.24) is 0 Å². The summed E-state index contributed by atoms with van der Waals surface area (Å²) in [6, 6.07) is 10.1. The van der Waals surface area contributed by atoms with Crippen molar-refractivity contribution in [2.75, 3.05) is 5.32 Å². The highest BCUT2D eigenvalue weighted by atomic mass is 79.9. The maximum absolute atomic E-state index is 12.1. The third-order valence-corrected chi connectivity index (χ3v) is 3.78. The molecule has 2 aromatic carbocycles. The topological polar surface area (TPSA) is 49.3 Å². The number of carbonyl (C=O) groups excluding carboxylic acids is 1. The Morgan fingerprint density at radius 1 is 1.16 bits per heavy atom. The summed E-state index contributed by atoms with van der Waals surface area (Å²) in [6.45, 7) is 1.97. The highest BCUT2D eigenvalue weighted by Crippen LogP contribution is 2.32. The summed E-state index contributed by atoms with van der Waals surface area (Å²) in [6.07, 6.45) is 0. The average Bonchev–Trinajstić information content (AvgIpc) is 2.33. The Kier molecular flexibility index (Phi) is 4.27. The lowest BCUT2D eigenvalue weighted by Crippen LogP contribution is -2.12. The van der Waals surface area contributed by atoms with Gasteiger partial charge in [-0.1, -0.05) is 6.07 Å². The number of phenolic OH excluding ortho intramolecular Hbond substituents is 1. The molecule has 0 bridgehead atoms. The first-order valence-electron chi connectivity index (χ1n) is 5.53. The molecule has 0 radical (unpaired) electrons. The number of aryl methyl sites for hydroxylation is 1. The molecule has 0 heterocycles. The first kappa shape index (κ1) is 14.1. The number of aromatic hydroxyl groups is 1. The first-order valence-corrected chi connectivity index (χ1v) is 7.12. The summed E-state index contributed by atoms with van der Waals surface area (Å²) in [5, 5.41) is 12.2. The molecule has 0 saturated heterocycles. The van der Waals surface area contributed by atoms with E-state index < -0.39 is 0 Å². The molecule has 0 fully saturated rings. The van der Waals surface area contributed by atoms with Crippen LogP contribution in [-0.4, -0.2) is 11.0 Å². The number of rotatable bonds is 2. The fourth-order valence-corrected chi connectivity index (χ4v) is 3.27. The number of phenols is 1. The molecular formula is C14H11Br2NO2. The second-order valence-corrected chi connectivity index (χ2v) is 5.82. The lowest BCUT2D eigenvalue weighted by molar-refractivity contribution is 0.102. The molecule has 98 valence electrons. The minimum atomic E-state index is -0.277. The van der Waals surface area contributed by atoms with Crippen LogP contribution in [0, 0.1) is 6.92 Å². The Morgan fingerprint density at radius 2 is 1.79 bits per heavy atom. The summed E-state index contributed by atoms with van der Waals surface area (Å²) >= 11 is 6.84. The van der Waals surface area contributed by atoms with Crippen LogP contribution in [0.5, 0.6) is 5.75 Å². The van der Waals surface area contributed by atoms with E-state index in [-0.39, 0.29) is 11.7 Å².